The van der Waals surface area contributed by atoms with Gasteiger partial charge in [0.25, 0.3) is 0 Å². The van der Waals surface area contributed by atoms with E-state index in [1.54, 1.807) is 0 Å². The lowest BCUT2D eigenvalue weighted by Crippen LogP contribution is -2.35. The van der Waals surface area contributed by atoms with Crippen molar-refractivity contribution in [2.75, 3.05) is 13.2 Å². The summed E-state index contributed by atoms with van der Waals surface area (Å²) >= 11 is 0. The van der Waals surface area contributed by atoms with Gasteiger partial charge >= 0.3 is 5.97 Å². The zero-order valence-electron chi connectivity index (χ0n) is 14.1. The SMILES string of the molecule is O=C(OCCCCCO)C(C1CCCCC1)C1CCCCC1. The Balaban J connectivity index is 1.86. The molecule has 2 rings (SSSR count). The van der Waals surface area contributed by atoms with E-state index < -0.39 is 0 Å². The molecule has 0 aromatic heterocycles. The average molecular weight is 310 g/mol. The van der Waals surface area contributed by atoms with Gasteiger partial charge in [-0.1, -0.05) is 38.5 Å². The lowest BCUT2D eigenvalue weighted by atomic mass is 9.69. The molecule has 0 heterocycles. The first-order chi connectivity index (χ1) is 10.8. The van der Waals surface area contributed by atoms with Gasteiger partial charge in [0, 0.05) is 6.61 Å². The Morgan fingerprint density at radius 1 is 0.864 bits per heavy atom. The van der Waals surface area contributed by atoms with Gasteiger partial charge in [0.15, 0.2) is 0 Å². The van der Waals surface area contributed by atoms with Crippen molar-refractivity contribution in [3.05, 3.63) is 0 Å². The van der Waals surface area contributed by atoms with Gasteiger partial charge in [0.2, 0.25) is 0 Å². The maximum absolute atomic E-state index is 12.7. The molecule has 0 bridgehead atoms. The zero-order valence-corrected chi connectivity index (χ0v) is 14.1. The standard InChI is InChI=1S/C19H34O3/c20-14-8-3-9-15-22-19(21)18(16-10-4-1-5-11-16)17-12-6-2-7-13-17/h16-18,20H,1-15H2. The molecule has 1 N–H and O–H groups in total. The molecule has 0 saturated heterocycles. The lowest BCUT2D eigenvalue weighted by Gasteiger charge is -2.36. The van der Waals surface area contributed by atoms with E-state index in [-0.39, 0.29) is 18.5 Å². The molecule has 0 amide bonds. The molecule has 0 aliphatic heterocycles. The Labute approximate surface area is 135 Å². The molecule has 0 spiro atoms. The highest BCUT2D eigenvalue weighted by atomic mass is 16.5. The van der Waals surface area contributed by atoms with Crippen LogP contribution in [0.1, 0.15) is 83.5 Å². The van der Waals surface area contributed by atoms with Crippen LogP contribution in [-0.4, -0.2) is 24.3 Å². The fraction of sp³-hybridized carbons (Fsp3) is 0.947. The summed E-state index contributed by atoms with van der Waals surface area (Å²) in [6.45, 7) is 0.773. The molecule has 0 aromatic carbocycles. The van der Waals surface area contributed by atoms with Crippen LogP contribution in [0.15, 0.2) is 0 Å². The van der Waals surface area contributed by atoms with Gasteiger partial charge in [0.1, 0.15) is 0 Å². The third-order valence-corrected chi connectivity index (χ3v) is 5.63. The largest absolute Gasteiger partial charge is 0.465 e. The predicted octanol–water partition coefficient (Wildman–Crippen LogP) is 4.47. The highest BCUT2D eigenvalue weighted by Crippen LogP contribution is 2.40. The maximum atomic E-state index is 12.7. The second-order valence-electron chi connectivity index (χ2n) is 7.27. The number of hydrogen-bond acceptors (Lipinski definition) is 3. The number of unbranched alkanes of at least 4 members (excludes halogenated alkanes) is 2. The van der Waals surface area contributed by atoms with Crippen molar-refractivity contribution in [1.82, 2.24) is 0 Å². The van der Waals surface area contributed by atoms with Crippen LogP contribution < -0.4 is 0 Å². The van der Waals surface area contributed by atoms with Crippen molar-refractivity contribution < 1.29 is 14.6 Å². The molecular formula is C19H34O3. The van der Waals surface area contributed by atoms with Gasteiger partial charge in [-0.2, -0.15) is 0 Å². The number of hydrogen-bond donors (Lipinski definition) is 1. The van der Waals surface area contributed by atoms with E-state index in [0.717, 1.165) is 19.3 Å². The van der Waals surface area contributed by atoms with Gasteiger partial charge < -0.3 is 9.84 Å². The molecule has 0 aromatic rings. The molecule has 2 fully saturated rings. The predicted molar refractivity (Wildman–Crippen MR) is 88.5 cm³/mol. The maximum Gasteiger partial charge on any atom is 0.309 e. The monoisotopic (exact) mass is 310 g/mol. The molecule has 0 atom stereocenters. The second-order valence-corrected chi connectivity index (χ2v) is 7.27. The van der Waals surface area contributed by atoms with E-state index in [1.807, 2.05) is 0 Å². The Morgan fingerprint density at radius 3 is 1.91 bits per heavy atom. The van der Waals surface area contributed by atoms with E-state index in [1.165, 1.54) is 64.2 Å². The van der Waals surface area contributed by atoms with Crippen molar-refractivity contribution in [1.29, 1.82) is 0 Å². The molecule has 3 nitrogen and oxygen atoms in total. The summed E-state index contributed by atoms with van der Waals surface area (Å²) in [5, 5.41) is 8.80. The summed E-state index contributed by atoms with van der Waals surface area (Å²) in [6.07, 6.45) is 15.4. The molecule has 2 aliphatic carbocycles. The third kappa shape index (κ3) is 5.57. The van der Waals surface area contributed by atoms with Gasteiger partial charge in [-0.05, 0) is 56.8 Å². The Bertz CT molecular complexity index is 286. The van der Waals surface area contributed by atoms with Crippen LogP contribution in [0.3, 0.4) is 0 Å². The van der Waals surface area contributed by atoms with E-state index in [0.29, 0.717) is 18.4 Å². The van der Waals surface area contributed by atoms with Gasteiger partial charge in [0.05, 0.1) is 12.5 Å². The Morgan fingerprint density at radius 2 is 1.41 bits per heavy atom. The van der Waals surface area contributed by atoms with E-state index in [2.05, 4.69) is 0 Å². The second kappa shape index (κ2) is 10.3. The summed E-state index contributed by atoms with van der Waals surface area (Å²) in [5.74, 6) is 1.39. The van der Waals surface area contributed by atoms with E-state index in [9.17, 15) is 4.79 Å². The molecule has 2 aliphatic rings. The molecule has 2 saturated carbocycles. The quantitative estimate of drug-likeness (QED) is 0.531. The minimum Gasteiger partial charge on any atom is -0.465 e. The minimum atomic E-state index is 0.0859. The number of ether oxygens (including phenoxy) is 1. The highest BCUT2D eigenvalue weighted by Gasteiger charge is 2.37. The molecule has 0 unspecified atom stereocenters. The van der Waals surface area contributed by atoms with Crippen molar-refractivity contribution in [2.45, 2.75) is 83.5 Å². The van der Waals surface area contributed by atoms with Gasteiger partial charge in [-0.25, -0.2) is 0 Å². The van der Waals surface area contributed by atoms with Crippen molar-refractivity contribution in [2.24, 2.45) is 17.8 Å². The minimum absolute atomic E-state index is 0.0859. The van der Waals surface area contributed by atoms with Crippen LogP contribution in [0.2, 0.25) is 0 Å². The fourth-order valence-corrected chi connectivity index (χ4v) is 4.42. The third-order valence-electron chi connectivity index (χ3n) is 5.63. The number of aliphatic hydroxyl groups is 1. The highest BCUT2D eigenvalue weighted by molar-refractivity contribution is 5.73. The topological polar surface area (TPSA) is 46.5 Å². The molecule has 128 valence electrons. The number of esters is 1. The number of aliphatic hydroxyl groups excluding tert-OH is 1. The van der Waals surface area contributed by atoms with Crippen LogP contribution in [-0.2, 0) is 9.53 Å². The summed E-state index contributed by atoms with van der Waals surface area (Å²) in [7, 11) is 0. The van der Waals surface area contributed by atoms with Crippen LogP contribution in [0.5, 0.6) is 0 Å². The van der Waals surface area contributed by atoms with Crippen molar-refractivity contribution >= 4 is 5.97 Å². The number of carbonyl (C=O) groups excluding carboxylic acids is 1. The summed E-state index contributed by atoms with van der Waals surface area (Å²) in [6, 6.07) is 0. The first kappa shape index (κ1) is 17.8. The van der Waals surface area contributed by atoms with Crippen molar-refractivity contribution in [3.63, 3.8) is 0 Å². The van der Waals surface area contributed by atoms with Crippen LogP contribution >= 0.6 is 0 Å². The van der Waals surface area contributed by atoms with Crippen LogP contribution in [0.4, 0.5) is 0 Å². The fourth-order valence-electron chi connectivity index (χ4n) is 4.42. The van der Waals surface area contributed by atoms with Crippen molar-refractivity contribution in [3.8, 4) is 0 Å². The lowest BCUT2D eigenvalue weighted by molar-refractivity contribution is -0.154. The first-order valence-electron chi connectivity index (χ1n) is 9.60. The summed E-state index contributed by atoms with van der Waals surface area (Å²) in [4.78, 5) is 12.7. The van der Waals surface area contributed by atoms with Crippen LogP contribution in [0.25, 0.3) is 0 Å². The number of rotatable bonds is 8. The van der Waals surface area contributed by atoms with Crippen LogP contribution in [0, 0.1) is 17.8 Å². The van der Waals surface area contributed by atoms with Gasteiger partial charge in [-0.3, -0.25) is 4.79 Å². The zero-order chi connectivity index (χ0) is 15.6. The molecule has 3 heteroatoms. The summed E-state index contributed by atoms with van der Waals surface area (Å²) in [5.41, 5.74) is 0. The molecule has 22 heavy (non-hydrogen) atoms. The molecular weight excluding hydrogens is 276 g/mol. The average Bonchev–Trinajstić information content (AvgIpc) is 2.57. The van der Waals surface area contributed by atoms with E-state index in [4.69, 9.17) is 9.84 Å². The Hall–Kier alpha value is -0.570. The Kier molecular flexibility index (Phi) is 8.28. The normalized spacial score (nSPS) is 21.2. The summed E-state index contributed by atoms with van der Waals surface area (Å²) < 4.78 is 5.64. The smallest absolute Gasteiger partial charge is 0.309 e. The molecule has 0 radical (unpaired) electrons. The first-order valence-corrected chi connectivity index (χ1v) is 9.60. The van der Waals surface area contributed by atoms with Gasteiger partial charge in [-0.15, -0.1) is 0 Å². The number of carbonyl (C=O) groups is 1. The van der Waals surface area contributed by atoms with E-state index >= 15 is 0 Å².